The third kappa shape index (κ3) is 43.8. The van der Waals surface area contributed by atoms with Crippen molar-refractivity contribution in [1.29, 1.82) is 0 Å². The zero-order valence-corrected chi connectivity index (χ0v) is 39.1. The number of phosphoric acid groups is 1. The molecule has 58 heavy (non-hydrogen) atoms. The maximum absolute atomic E-state index is 12.6. The second-order valence-electron chi connectivity index (χ2n) is 17.2. The topological polar surface area (TPSA) is 111 Å². The minimum Gasteiger partial charge on any atom is -0.756 e. The monoisotopic (exact) mass is 840 g/mol. The van der Waals surface area contributed by atoms with E-state index < -0.39 is 32.5 Å². The molecule has 0 spiro atoms. The Hall–Kier alpha value is -1.77. The number of ether oxygens (including phenoxy) is 2. The molecule has 0 aliphatic rings. The number of hydrogen-bond acceptors (Lipinski definition) is 8. The van der Waals surface area contributed by atoms with Crippen LogP contribution in [0, 0.1) is 0 Å². The molecule has 9 nitrogen and oxygen atoms in total. The lowest BCUT2D eigenvalue weighted by molar-refractivity contribution is -0.870. The van der Waals surface area contributed by atoms with Gasteiger partial charge in [0.25, 0.3) is 7.82 Å². The molecule has 0 N–H and O–H groups in total. The molecule has 0 heterocycles. The summed E-state index contributed by atoms with van der Waals surface area (Å²) in [6, 6.07) is 0. The lowest BCUT2D eigenvalue weighted by Gasteiger charge is -2.28. The predicted molar refractivity (Wildman–Crippen MR) is 241 cm³/mol. The highest BCUT2D eigenvalue weighted by atomic mass is 31.2. The average molecular weight is 840 g/mol. The number of unbranched alkanes of at least 4 members (excludes halogenated alkanes) is 26. The molecule has 0 amide bonds. The summed E-state index contributed by atoms with van der Waals surface area (Å²) >= 11 is 0. The molecule has 340 valence electrons. The molecule has 0 radical (unpaired) electrons. The van der Waals surface area contributed by atoms with Crippen LogP contribution in [0.15, 0.2) is 36.5 Å². The summed E-state index contributed by atoms with van der Waals surface area (Å²) in [5.41, 5.74) is 0. The molecule has 2 atom stereocenters. The summed E-state index contributed by atoms with van der Waals surface area (Å²) < 4.78 is 33.7. The number of quaternary nitrogens is 1. The zero-order chi connectivity index (χ0) is 42.8. The van der Waals surface area contributed by atoms with Crippen molar-refractivity contribution in [3.63, 3.8) is 0 Å². The van der Waals surface area contributed by atoms with Gasteiger partial charge in [0, 0.05) is 12.5 Å². The maximum atomic E-state index is 12.6. The molecule has 0 rings (SSSR count). The van der Waals surface area contributed by atoms with E-state index in [1.165, 1.54) is 154 Å². The van der Waals surface area contributed by atoms with Crippen molar-refractivity contribution in [2.24, 2.45) is 0 Å². The number of esters is 2. The molecule has 10 heteroatoms. The van der Waals surface area contributed by atoms with Gasteiger partial charge in [0.15, 0.2) is 6.10 Å². The largest absolute Gasteiger partial charge is 0.756 e. The Balaban J connectivity index is 4.37. The fourth-order valence-corrected chi connectivity index (χ4v) is 7.23. The highest BCUT2D eigenvalue weighted by Gasteiger charge is 2.21. The molecule has 0 aromatic carbocycles. The van der Waals surface area contributed by atoms with Gasteiger partial charge in [-0.15, -0.1) is 0 Å². The molecular weight excluding hydrogens is 750 g/mol. The Kier molecular flexibility index (Phi) is 39.4. The summed E-state index contributed by atoms with van der Waals surface area (Å²) in [5, 5.41) is 0. The first-order valence-corrected chi connectivity index (χ1v) is 25.2. The number of likely N-dealkylation sites (N-methyl/N-ethyl adjacent to an activating group) is 1. The van der Waals surface area contributed by atoms with Gasteiger partial charge in [-0.25, -0.2) is 4.79 Å². The summed E-state index contributed by atoms with van der Waals surface area (Å²) in [6.07, 6.45) is 46.6. The van der Waals surface area contributed by atoms with E-state index in [0.29, 0.717) is 11.0 Å². The second kappa shape index (κ2) is 40.6. The SMILES string of the molecule is CCCCCCCC/C=C/CCCCCCCCCCCC(=O)OC[C@H](COP(=O)([O-])OCC[N+](C)(C)C)OC(=O)/C=C/C=C/CCCCCCCCCCCCC. The standard InChI is InChI=1S/C48H90NO8P/c1-6-8-10-12-14-16-18-20-22-23-24-25-27-28-30-32-34-36-38-40-47(50)54-44-46(45-56-58(52,53)55-43-42-49(3,4)5)57-48(51)41-39-37-35-33-31-29-26-21-19-17-15-13-11-9-7-2/h20,22,35,37,39,41,46H,6-19,21,23-34,36,38,40,42-45H2,1-5H3/b22-20+,37-35+,41-39+/t46-/m1/s1. The molecule has 0 aliphatic heterocycles. The summed E-state index contributed by atoms with van der Waals surface area (Å²) in [5.74, 6) is -1.08. The number of allylic oxidation sites excluding steroid dienone is 5. The van der Waals surface area contributed by atoms with Crippen LogP contribution in [-0.4, -0.2) is 70.0 Å². The third-order valence-electron chi connectivity index (χ3n) is 10.2. The van der Waals surface area contributed by atoms with Crippen LogP contribution in [-0.2, 0) is 32.7 Å². The number of carbonyl (C=O) groups is 2. The highest BCUT2D eigenvalue weighted by molar-refractivity contribution is 7.45. The highest BCUT2D eigenvalue weighted by Crippen LogP contribution is 2.38. The fourth-order valence-electron chi connectivity index (χ4n) is 6.50. The number of rotatable bonds is 43. The molecule has 0 aliphatic carbocycles. The first-order valence-electron chi connectivity index (χ1n) is 23.7. The van der Waals surface area contributed by atoms with Gasteiger partial charge in [0.05, 0.1) is 27.7 Å². The lowest BCUT2D eigenvalue weighted by Crippen LogP contribution is -2.37. The first-order chi connectivity index (χ1) is 28.0. The lowest BCUT2D eigenvalue weighted by atomic mass is 10.1. The molecule has 0 aromatic rings. The maximum Gasteiger partial charge on any atom is 0.331 e. The van der Waals surface area contributed by atoms with Gasteiger partial charge in [-0.2, -0.15) is 0 Å². The second-order valence-corrected chi connectivity index (χ2v) is 18.6. The van der Waals surface area contributed by atoms with Crippen LogP contribution in [0.3, 0.4) is 0 Å². The van der Waals surface area contributed by atoms with E-state index in [-0.39, 0.29) is 19.6 Å². The van der Waals surface area contributed by atoms with Crippen molar-refractivity contribution in [3.05, 3.63) is 36.5 Å². The Morgan fingerprint density at radius 3 is 1.47 bits per heavy atom. The van der Waals surface area contributed by atoms with Crippen molar-refractivity contribution in [2.45, 2.75) is 213 Å². The smallest absolute Gasteiger partial charge is 0.331 e. The van der Waals surface area contributed by atoms with Crippen LogP contribution >= 0.6 is 7.82 Å². The third-order valence-corrected chi connectivity index (χ3v) is 11.2. The minimum atomic E-state index is -4.65. The predicted octanol–water partition coefficient (Wildman–Crippen LogP) is 13.1. The molecule has 1 unspecified atom stereocenters. The molecule has 0 aromatic heterocycles. The van der Waals surface area contributed by atoms with Crippen LogP contribution in [0.2, 0.25) is 0 Å². The Morgan fingerprint density at radius 2 is 1.00 bits per heavy atom. The molecule has 0 saturated carbocycles. The van der Waals surface area contributed by atoms with Crippen molar-refractivity contribution < 1.29 is 42.1 Å². The Bertz CT molecular complexity index is 1090. The number of hydrogen-bond donors (Lipinski definition) is 0. The van der Waals surface area contributed by atoms with E-state index in [4.69, 9.17) is 18.5 Å². The van der Waals surface area contributed by atoms with Gasteiger partial charge in [0.1, 0.15) is 19.8 Å². The van der Waals surface area contributed by atoms with E-state index in [0.717, 1.165) is 38.5 Å². The summed E-state index contributed by atoms with van der Waals surface area (Å²) in [4.78, 5) is 37.5. The molecule has 0 fully saturated rings. The quantitative estimate of drug-likeness (QED) is 0.0113. The van der Waals surface area contributed by atoms with Crippen molar-refractivity contribution in [1.82, 2.24) is 0 Å². The molecule has 0 bridgehead atoms. The van der Waals surface area contributed by atoms with Gasteiger partial charge in [-0.1, -0.05) is 185 Å². The summed E-state index contributed by atoms with van der Waals surface area (Å²) in [6.45, 7) is 4.11. The molecule has 0 saturated heterocycles. The van der Waals surface area contributed by atoms with Gasteiger partial charge in [-0.05, 0) is 44.9 Å². The Morgan fingerprint density at radius 1 is 0.569 bits per heavy atom. The van der Waals surface area contributed by atoms with Crippen molar-refractivity contribution >= 4 is 19.8 Å². The van der Waals surface area contributed by atoms with Crippen LogP contribution in [0.25, 0.3) is 0 Å². The number of phosphoric ester groups is 1. The average Bonchev–Trinajstić information content (AvgIpc) is 3.17. The van der Waals surface area contributed by atoms with Gasteiger partial charge in [0.2, 0.25) is 0 Å². The minimum absolute atomic E-state index is 0.0464. The van der Waals surface area contributed by atoms with E-state index in [9.17, 15) is 19.0 Å². The van der Waals surface area contributed by atoms with Crippen molar-refractivity contribution in [3.8, 4) is 0 Å². The number of nitrogens with zero attached hydrogens (tertiary/aromatic N) is 1. The number of carbonyl (C=O) groups excluding carboxylic acids is 2. The zero-order valence-electron chi connectivity index (χ0n) is 38.2. The van der Waals surface area contributed by atoms with E-state index in [2.05, 4.69) is 26.0 Å². The van der Waals surface area contributed by atoms with Gasteiger partial charge >= 0.3 is 11.9 Å². The molecular formula is C48H90NO8P. The summed E-state index contributed by atoms with van der Waals surface area (Å²) in [7, 11) is 1.11. The normalized spacial score (nSPS) is 13.8. The first kappa shape index (κ1) is 56.2. The van der Waals surface area contributed by atoms with Crippen LogP contribution in [0.5, 0.6) is 0 Å². The van der Waals surface area contributed by atoms with E-state index in [1.54, 1.807) is 6.08 Å². The van der Waals surface area contributed by atoms with Crippen LogP contribution in [0.4, 0.5) is 0 Å². The van der Waals surface area contributed by atoms with Gasteiger partial charge in [-0.3, -0.25) is 9.36 Å². The van der Waals surface area contributed by atoms with E-state index in [1.807, 2.05) is 33.3 Å². The van der Waals surface area contributed by atoms with E-state index >= 15 is 0 Å². The van der Waals surface area contributed by atoms with Gasteiger partial charge < -0.3 is 27.9 Å². The van der Waals surface area contributed by atoms with Crippen molar-refractivity contribution in [2.75, 3.05) is 47.5 Å². The Labute approximate surface area is 357 Å². The van der Waals surface area contributed by atoms with Crippen LogP contribution in [0.1, 0.15) is 206 Å². The fraction of sp³-hybridized carbons (Fsp3) is 0.833. The van der Waals surface area contributed by atoms with Crippen LogP contribution < -0.4 is 4.89 Å².